The second-order valence-corrected chi connectivity index (χ2v) is 5.26. The van der Waals surface area contributed by atoms with Crippen LogP contribution in [-0.4, -0.2) is 30.0 Å². The molecule has 16 heavy (non-hydrogen) atoms. The maximum Gasteiger partial charge on any atom is 0.208 e. The fourth-order valence-electron chi connectivity index (χ4n) is 2.12. The maximum absolute atomic E-state index is 5.58. The molecule has 1 aliphatic rings. The third-order valence-electron chi connectivity index (χ3n) is 3.38. The molecule has 3 N–H and O–H groups in total. The molecule has 0 radical (unpaired) electrons. The van der Waals surface area contributed by atoms with Crippen molar-refractivity contribution in [1.82, 2.24) is 10.3 Å². The highest BCUT2D eigenvalue weighted by Gasteiger charge is 2.26. The van der Waals surface area contributed by atoms with Gasteiger partial charge < -0.3 is 4.90 Å². The minimum Gasteiger partial charge on any atom is -0.339 e. The van der Waals surface area contributed by atoms with Gasteiger partial charge in [0.05, 0.1) is 0 Å². The van der Waals surface area contributed by atoms with Gasteiger partial charge in [-0.25, -0.2) is 5.84 Å². The summed E-state index contributed by atoms with van der Waals surface area (Å²) in [5, 5.41) is 0. The predicted molar refractivity (Wildman–Crippen MR) is 69.0 cm³/mol. The Bertz CT molecular complexity index is 237. The monoisotopic (exact) mass is 226 g/mol. The molecule has 0 spiro atoms. The lowest BCUT2D eigenvalue weighted by Crippen LogP contribution is -2.53. The topological polar surface area (TPSA) is 53.6 Å². The number of nitrogens with one attached hydrogen (secondary N) is 1. The Kier molecular flexibility index (Phi) is 5.06. The number of hydrogen-bond acceptors (Lipinski definition) is 2. The minimum atomic E-state index is 0.524. The first-order chi connectivity index (χ1) is 7.56. The maximum atomic E-state index is 5.58. The van der Waals surface area contributed by atoms with Crippen molar-refractivity contribution in [3.63, 3.8) is 0 Å². The van der Waals surface area contributed by atoms with E-state index in [4.69, 9.17) is 5.84 Å². The van der Waals surface area contributed by atoms with Crippen molar-refractivity contribution in [2.45, 2.75) is 46.6 Å². The number of guanidine groups is 1. The van der Waals surface area contributed by atoms with Crippen LogP contribution in [-0.2, 0) is 0 Å². The van der Waals surface area contributed by atoms with Gasteiger partial charge in [0.15, 0.2) is 0 Å². The van der Waals surface area contributed by atoms with Gasteiger partial charge in [0.2, 0.25) is 5.96 Å². The van der Waals surface area contributed by atoms with E-state index in [2.05, 4.69) is 43.0 Å². The van der Waals surface area contributed by atoms with Gasteiger partial charge in [-0.1, -0.05) is 20.8 Å². The number of nitrogens with two attached hydrogens (primary N) is 1. The van der Waals surface area contributed by atoms with E-state index in [0.717, 1.165) is 19.0 Å². The number of nitrogens with zero attached hydrogens (tertiary/aromatic N) is 2. The van der Waals surface area contributed by atoms with E-state index in [1.54, 1.807) is 0 Å². The number of hydrogen-bond donors (Lipinski definition) is 2. The van der Waals surface area contributed by atoms with E-state index in [-0.39, 0.29) is 0 Å². The highest BCUT2D eigenvalue weighted by Crippen LogP contribution is 2.22. The standard InChI is InChI=1S/C12H26N4/c1-9(2)8-14-12(15-13)16-7-5-6-10(3)11(16)4/h9-11H,5-8,13H2,1-4H3,(H,14,15). The zero-order chi connectivity index (χ0) is 12.1. The van der Waals surface area contributed by atoms with Crippen LogP contribution in [0, 0.1) is 11.8 Å². The van der Waals surface area contributed by atoms with E-state index in [1.165, 1.54) is 12.8 Å². The SMILES string of the molecule is CC(C)CN=C(NN)N1CCCC(C)C1C. The molecular weight excluding hydrogens is 200 g/mol. The van der Waals surface area contributed by atoms with Crippen LogP contribution in [0.5, 0.6) is 0 Å². The summed E-state index contributed by atoms with van der Waals surface area (Å²) in [4.78, 5) is 6.86. The molecule has 4 nitrogen and oxygen atoms in total. The Morgan fingerprint density at radius 2 is 2.19 bits per heavy atom. The summed E-state index contributed by atoms with van der Waals surface area (Å²) in [6.45, 7) is 10.8. The summed E-state index contributed by atoms with van der Waals surface area (Å²) in [5.74, 6) is 7.71. The summed E-state index contributed by atoms with van der Waals surface area (Å²) in [6.07, 6.45) is 2.54. The zero-order valence-corrected chi connectivity index (χ0v) is 11.0. The first-order valence-electron chi connectivity index (χ1n) is 6.34. The van der Waals surface area contributed by atoms with Crippen LogP contribution in [0.4, 0.5) is 0 Å². The van der Waals surface area contributed by atoms with Crippen molar-refractivity contribution in [1.29, 1.82) is 0 Å². The number of aliphatic imine (C=N–C) groups is 1. The Labute approximate surface area is 99.3 Å². The van der Waals surface area contributed by atoms with Crippen molar-refractivity contribution in [2.24, 2.45) is 22.7 Å². The fourth-order valence-corrected chi connectivity index (χ4v) is 2.12. The van der Waals surface area contributed by atoms with Crippen molar-refractivity contribution >= 4 is 5.96 Å². The molecule has 0 aliphatic carbocycles. The molecule has 1 fully saturated rings. The number of hydrazine groups is 1. The van der Waals surface area contributed by atoms with Crippen LogP contribution in [0.1, 0.15) is 40.5 Å². The largest absolute Gasteiger partial charge is 0.339 e. The van der Waals surface area contributed by atoms with Gasteiger partial charge in [-0.3, -0.25) is 10.4 Å². The highest BCUT2D eigenvalue weighted by atomic mass is 15.4. The fraction of sp³-hybridized carbons (Fsp3) is 0.917. The van der Waals surface area contributed by atoms with Crippen LogP contribution in [0.2, 0.25) is 0 Å². The lowest BCUT2D eigenvalue weighted by molar-refractivity contribution is 0.185. The highest BCUT2D eigenvalue weighted by molar-refractivity contribution is 5.79. The van der Waals surface area contributed by atoms with E-state index < -0.39 is 0 Å². The Morgan fingerprint density at radius 1 is 1.50 bits per heavy atom. The van der Waals surface area contributed by atoms with Crippen molar-refractivity contribution in [3.05, 3.63) is 0 Å². The van der Waals surface area contributed by atoms with Crippen LogP contribution in [0.3, 0.4) is 0 Å². The molecule has 2 atom stereocenters. The molecule has 2 unspecified atom stereocenters. The lowest BCUT2D eigenvalue weighted by Gasteiger charge is -2.39. The second kappa shape index (κ2) is 6.09. The number of likely N-dealkylation sites (tertiary alicyclic amines) is 1. The molecule has 0 amide bonds. The first-order valence-corrected chi connectivity index (χ1v) is 6.34. The molecule has 4 heteroatoms. The Morgan fingerprint density at radius 3 is 2.75 bits per heavy atom. The molecule has 0 bridgehead atoms. The van der Waals surface area contributed by atoms with Gasteiger partial charge in [-0.2, -0.15) is 0 Å². The van der Waals surface area contributed by atoms with Crippen LogP contribution in [0.25, 0.3) is 0 Å². The molecule has 1 aliphatic heterocycles. The zero-order valence-electron chi connectivity index (χ0n) is 11.0. The van der Waals surface area contributed by atoms with Gasteiger partial charge in [-0.15, -0.1) is 0 Å². The Balaban J connectivity index is 2.67. The average Bonchev–Trinajstić information content (AvgIpc) is 2.24. The van der Waals surface area contributed by atoms with E-state index in [9.17, 15) is 0 Å². The third-order valence-corrected chi connectivity index (χ3v) is 3.38. The van der Waals surface area contributed by atoms with Crippen molar-refractivity contribution < 1.29 is 0 Å². The van der Waals surface area contributed by atoms with Crippen LogP contribution < -0.4 is 11.3 Å². The molecular formula is C12H26N4. The van der Waals surface area contributed by atoms with Gasteiger partial charge >= 0.3 is 0 Å². The molecule has 0 aromatic heterocycles. The number of rotatable bonds is 2. The number of piperidine rings is 1. The van der Waals surface area contributed by atoms with E-state index in [0.29, 0.717) is 17.9 Å². The Hall–Kier alpha value is -0.770. The summed E-state index contributed by atoms with van der Waals surface area (Å²) < 4.78 is 0. The molecule has 1 rings (SSSR count). The van der Waals surface area contributed by atoms with E-state index >= 15 is 0 Å². The molecule has 0 aromatic rings. The van der Waals surface area contributed by atoms with Crippen LogP contribution >= 0.6 is 0 Å². The summed E-state index contributed by atoms with van der Waals surface area (Å²) in [7, 11) is 0. The quantitative estimate of drug-likeness (QED) is 0.325. The lowest BCUT2D eigenvalue weighted by atomic mass is 9.92. The van der Waals surface area contributed by atoms with E-state index in [1.807, 2.05) is 0 Å². The molecule has 0 saturated carbocycles. The summed E-state index contributed by atoms with van der Waals surface area (Å²) in [6, 6.07) is 0.524. The minimum absolute atomic E-state index is 0.524. The first kappa shape index (κ1) is 13.3. The third kappa shape index (κ3) is 3.37. The second-order valence-electron chi connectivity index (χ2n) is 5.26. The van der Waals surface area contributed by atoms with Gasteiger partial charge in [-0.05, 0) is 31.6 Å². The molecule has 0 aromatic carbocycles. The molecule has 94 valence electrons. The van der Waals surface area contributed by atoms with Crippen molar-refractivity contribution in [2.75, 3.05) is 13.1 Å². The normalized spacial score (nSPS) is 27.4. The molecule has 1 saturated heterocycles. The smallest absolute Gasteiger partial charge is 0.208 e. The van der Waals surface area contributed by atoms with Gasteiger partial charge in [0, 0.05) is 19.1 Å². The van der Waals surface area contributed by atoms with Crippen LogP contribution in [0.15, 0.2) is 4.99 Å². The van der Waals surface area contributed by atoms with Gasteiger partial charge in [0.25, 0.3) is 0 Å². The predicted octanol–water partition coefficient (Wildman–Crippen LogP) is 1.58. The van der Waals surface area contributed by atoms with Gasteiger partial charge in [0.1, 0.15) is 0 Å². The van der Waals surface area contributed by atoms with Crippen molar-refractivity contribution in [3.8, 4) is 0 Å². The summed E-state index contributed by atoms with van der Waals surface area (Å²) in [5.41, 5.74) is 2.75. The molecule has 1 heterocycles. The summed E-state index contributed by atoms with van der Waals surface area (Å²) >= 11 is 0. The average molecular weight is 226 g/mol.